The first-order valence-electron chi connectivity index (χ1n) is 11.7. The lowest BCUT2D eigenvalue weighted by molar-refractivity contribution is -0.133. The number of halogens is 1. The van der Waals surface area contributed by atoms with E-state index < -0.39 is 6.03 Å². The number of benzene rings is 2. The molecule has 3 rings (SSSR count). The number of amides is 3. The Labute approximate surface area is 210 Å². The number of furan rings is 1. The van der Waals surface area contributed by atoms with Gasteiger partial charge in [-0.15, -0.1) is 0 Å². The summed E-state index contributed by atoms with van der Waals surface area (Å²) in [4.78, 5) is 29.6. The van der Waals surface area contributed by atoms with E-state index in [0.29, 0.717) is 23.8 Å². The predicted molar refractivity (Wildman–Crippen MR) is 134 cm³/mol. The monoisotopic (exact) mass is 497 g/mol. The molecule has 36 heavy (non-hydrogen) atoms. The average molecular weight is 498 g/mol. The smallest absolute Gasteiger partial charge is 0.322 e. The second-order valence-electron chi connectivity index (χ2n) is 8.16. The Balaban J connectivity index is 1.78. The van der Waals surface area contributed by atoms with Gasteiger partial charge in [-0.25, -0.2) is 9.18 Å². The number of para-hydroxylation sites is 2. The maximum Gasteiger partial charge on any atom is 0.322 e. The number of hydrogen-bond donors (Lipinski definition) is 1. The summed E-state index contributed by atoms with van der Waals surface area (Å²) in [5.41, 5.74) is 1.26. The molecule has 0 radical (unpaired) electrons. The summed E-state index contributed by atoms with van der Waals surface area (Å²) in [6.07, 6.45) is 0. The number of anilines is 1. The number of aryl methyl sites for hydroxylation is 1. The van der Waals surface area contributed by atoms with Crippen molar-refractivity contribution in [3.63, 3.8) is 0 Å². The Hall–Kier alpha value is -3.85. The van der Waals surface area contributed by atoms with Crippen LogP contribution in [-0.2, 0) is 22.6 Å². The second-order valence-corrected chi connectivity index (χ2v) is 8.16. The first-order chi connectivity index (χ1) is 17.4. The van der Waals surface area contributed by atoms with Crippen LogP contribution in [0.2, 0.25) is 0 Å². The van der Waals surface area contributed by atoms with Crippen LogP contribution in [0, 0.1) is 12.7 Å². The molecule has 1 N–H and O–H groups in total. The predicted octanol–water partition coefficient (Wildman–Crippen LogP) is 4.84. The van der Waals surface area contributed by atoms with Gasteiger partial charge in [0.05, 0.1) is 25.4 Å². The van der Waals surface area contributed by atoms with E-state index >= 15 is 0 Å². The van der Waals surface area contributed by atoms with Crippen LogP contribution in [0.1, 0.15) is 24.0 Å². The van der Waals surface area contributed by atoms with Crippen LogP contribution in [0.4, 0.5) is 14.9 Å². The van der Waals surface area contributed by atoms with Crippen molar-refractivity contribution in [3.8, 4) is 5.75 Å². The highest BCUT2D eigenvalue weighted by atomic mass is 19.1. The number of carbonyl (C=O) groups excluding carboxylic acids is 2. The molecule has 0 saturated carbocycles. The zero-order valence-corrected chi connectivity index (χ0v) is 20.8. The Bertz CT molecular complexity index is 1130. The molecular weight excluding hydrogens is 465 g/mol. The Morgan fingerprint density at radius 2 is 1.75 bits per heavy atom. The number of urea groups is 1. The van der Waals surface area contributed by atoms with E-state index in [4.69, 9.17) is 13.9 Å². The van der Waals surface area contributed by atoms with Crippen molar-refractivity contribution in [2.75, 3.05) is 38.7 Å². The van der Waals surface area contributed by atoms with Crippen molar-refractivity contribution >= 4 is 17.6 Å². The number of nitrogens with zero attached hydrogens (tertiary/aromatic N) is 2. The molecule has 1 aromatic heterocycles. The van der Waals surface area contributed by atoms with Crippen molar-refractivity contribution in [1.82, 2.24) is 9.80 Å². The number of carbonyl (C=O) groups is 2. The fraction of sp³-hybridized carbons (Fsp3) is 0.333. The third-order valence-corrected chi connectivity index (χ3v) is 5.39. The highest BCUT2D eigenvalue weighted by molar-refractivity contribution is 5.93. The van der Waals surface area contributed by atoms with E-state index in [2.05, 4.69) is 5.32 Å². The number of nitrogens with one attached hydrogen (secondary N) is 1. The SMILES string of the molecule is CCOc1ccccc1NC(=O)N(CCOC)CC(=O)N(Cc1ccc(F)cc1)Cc1ccc(C)o1. The number of methoxy groups -OCH3 is 1. The first-order valence-corrected chi connectivity index (χ1v) is 11.7. The maximum absolute atomic E-state index is 13.4. The molecule has 0 spiro atoms. The topological polar surface area (TPSA) is 84.2 Å². The third kappa shape index (κ3) is 7.84. The number of hydrogen-bond acceptors (Lipinski definition) is 5. The minimum atomic E-state index is -0.455. The van der Waals surface area contributed by atoms with E-state index in [1.54, 1.807) is 41.3 Å². The fourth-order valence-electron chi connectivity index (χ4n) is 3.56. The molecule has 0 aliphatic rings. The first kappa shape index (κ1) is 26.7. The van der Waals surface area contributed by atoms with Gasteiger partial charge in [-0.3, -0.25) is 4.79 Å². The Morgan fingerprint density at radius 3 is 2.42 bits per heavy atom. The highest BCUT2D eigenvalue weighted by Gasteiger charge is 2.23. The molecule has 0 aliphatic carbocycles. The van der Waals surface area contributed by atoms with Crippen molar-refractivity contribution in [2.45, 2.75) is 26.9 Å². The van der Waals surface area contributed by atoms with E-state index in [-0.39, 0.29) is 44.5 Å². The summed E-state index contributed by atoms with van der Waals surface area (Å²) < 4.78 is 29.8. The van der Waals surface area contributed by atoms with E-state index in [9.17, 15) is 14.0 Å². The lowest BCUT2D eigenvalue weighted by Crippen LogP contribution is -2.45. The van der Waals surface area contributed by atoms with Crippen LogP contribution in [-0.4, -0.2) is 55.2 Å². The van der Waals surface area contributed by atoms with Crippen LogP contribution in [0.25, 0.3) is 0 Å². The van der Waals surface area contributed by atoms with E-state index in [1.807, 2.05) is 26.0 Å². The zero-order chi connectivity index (χ0) is 25.9. The molecule has 3 aromatic rings. The zero-order valence-electron chi connectivity index (χ0n) is 20.8. The number of rotatable bonds is 12. The lowest BCUT2D eigenvalue weighted by atomic mass is 10.2. The van der Waals surface area contributed by atoms with Gasteiger partial charge in [0, 0.05) is 20.2 Å². The Kier molecular flexibility index (Phi) is 9.88. The minimum Gasteiger partial charge on any atom is -0.492 e. The van der Waals surface area contributed by atoms with Gasteiger partial charge in [0.1, 0.15) is 29.6 Å². The summed E-state index contributed by atoms with van der Waals surface area (Å²) in [6.45, 7) is 4.84. The molecule has 0 fully saturated rings. The van der Waals surface area contributed by atoms with Crippen molar-refractivity contribution in [3.05, 3.63) is 83.6 Å². The molecule has 1 heterocycles. The molecule has 0 aliphatic heterocycles. The molecular formula is C27H32FN3O5. The van der Waals surface area contributed by atoms with Crippen LogP contribution in [0.3, 0.4) is 0 Å². The standard InChI is InChI=1S/C27H32FN3O5/c1-4-35-25-8-6-5-7-24(25)29-27(33)30(15-16-34-3)19-26(32)31(18-23-14-9-20(2)36-23)17-21-10-12-22(28)13-11-21/h5-14H,4,15-19H2,1-3H3,(H,29,33). The summed E-state index contributed by atoms with van der Waals surface area (Å²) in [7, 11) is 1.53. The molecule has 8 nitrogen and oxygen atoms in total. The Morgan fingerprint density at radius 1 is 1.00 bits per heavy atom. The largest absolute Gasteiger partial charge is 0.492 e. The quantitative estimate of drug-likeness (QED) is 0.387. The highest BCUT2D eigenvalue weighted by Crippen LogP contribution is 2.24. The van der Waals surface area contributed by atoms with Crippen molar-refractivity contribution in [1.29, 1.82) is 0 Å². The van der Waals surface area contributed by atoms with Gasteiger partial charge >= 0.3 is 6.03 Å². The van der Waals surface area contributed by atoms with Crippen LogP contribution >= 0.6 is 0 Å². The van der Waals surface area contributed by atoms with Crippen molar-refractivity contribution < 1.29 is 27.9 Å². The summed E-state index contributed by atoms with van der Waals surface area (Å²) in [5, 5.41) is 2.83. The van der Waals surface area contributed by atoms with Gasteiger partial charge in [-0.1, -0.05) is 24.3 Å². The van der Waals surface area contributed by atoms with Gasteiger partial charge < -0.3 is 29.0 Å². The molecule has 0 unspecified atom stereocenters. The van der Waals surface area contributed by atoms with Gasteiger partial charge in [-0.2, -0.15) is 0 Å². The van der Waals surface area contributed by atoms with Crippen molar-refractivity contribution in [2.24, 2.45) is 0 Å². The van der Waals surface area contributed by atoms with Crippen LogP contribution in [0.5, 0.6) is 5.75 Å². The molecule has 2 aromatic carbocycles. The van der Waals surface area contributed by atoms with Gasteiger partial charge in [-0.05, 0) is 55.8 Å². The lowest BCUT2D eigenvalue weighted by Gasteiger charge is -2.27. The maximum atomic E-state index is 13.4. The van der Waals surface area contributed by atoms with Gasteiger partial charge in [0.2, 0.25) is 5.91 Å². The minimum absolute atomic E-state index is 0.188. The second kappa shape index (κ2) is 13.3. The number of ether oxygens (including phenoxy) is 2. The molecule has 0 bridgehead atoms. The molecule has 192 valence electrons. The molecule has 0 atom stereocenters. The summed E-state index contributed by atoms with van der Waals surface area (Å²) >= 11 is 0. The molecule has 0 saturated heterocycles. The molecule has 3 amide bonds. The normalized spacial score (nSPS) is 10.7. The third-order valence-electron chi connectivity index (χ3n) is 5.39. The van der Waals surface area contributed by atoms with Crippen LogP contribution < -0.4 is 10.1 Å². The van der Waals surface area contributed by atoms with E-state index in [1.165, 1.54) is 24.1 Å². The average Bonchev–Trinajstić information content (AvgIpc) is 3.28. The van der Waals surface area contributed by atoms with Gasteiger partial charge in [0.15, 0.2) is 0 Å². The summed E-state index contributed by atoms with van der Waals surface area (Å²) in [5.74, 6) is 1.23. The summed E-state index contributed by atoms with van der Waals surface area (Å²) in [6, 6.07) is 16.2. The fourth-order valence-corrected chi connectivity index (χ4v) is 3.56. The molecule has 9 heteroatoms. The van der Waals surface area contributed by atoms with Crippen LogP contribution in [0.15, 0.2) is 65.1 Å². The van der Waals surface area contributed by atoms with E-state index in [0.717, 1.165) is 11.3 Å². The van der Waals surface area contributed by atoms with Gasteiger partial charge in [0.25, 0.3) is 0 Å².